The van der Waals surface area contributed by atoms with Gasteiger partial charge in [-0.15, -0.1) is 0 Å². The fourth-order valence-electron chi connectivity index (χ4n) is 8.37. The lowest BCUT2D eigenvalue weighted by Gasteiger charge is -2.14. The van der Waals surface area contributed by atoms with Crippen molar-refractivity contribution in [1.29, 1.82) is 0 Å². The Morgan fingerprint density at radius 2 is 0.750 bits per heavy atom. The van der Waals surface area contributed by atoms with Gasteiger partial charge < -0.3 is 0 Å². The summed E-state index contributed by atoms with van der Waals surface area (Å²) in [7, 11) is 0. The van der Waals surface area contributed by atoms with Crippen molar-refractivity contribution in [2.45, 2.75) is 0 Å². The molecule has 0 fully saturated rings. The highest BCUT2D eigenvalue weighted by Crippen LogP contribution is 2.39. The Labute approximate surface area is 324 Å². The predicted molar refractivity (Wildman–Crippen MR) is 235 cm³/mol. The minimum absolute atomic E-state index is 0.678. The summed E-state index contributed by atoms with van der Waals surface area (Å²) in [6, 6.07) is 69.1. The fraction of sp³-hybridized carbons (Fsp3) is 0. The Hall–Kier alpha value is -7.49. The summed E-state index contributed by atoms with van der Waals surface area (Å²) >= 11 is 0. The Bertz CT molecular complexity index is 3290. The first-order chi connectivity index (χ1) is 27.7. The van der Waals surface area contributed by atoms with E-state index in [0.717, 1.165) is 50.1 Å². The fourth-order valence-corrected chi connectivity index (χ4v) is 8.37. The SMILES string of the molecule is c1ccc2c(-c3ccc(-c4nc(-c5ccc(-c6cc7ccccc7c7ccccc67)cc5)cc(-c5cc6ccccc6c6ccccc56)n4)cc3)nccc2c1. The van der Waals surface area contributed by atoms with E-state index in [1.807, 2.05) is 6.20 Å². The third-order valence-corrected chi connectivity index (χ3v) is 11.1. The normalized spacial score (nSPS) is 11.6. The van der Waals surface area contributed by atoms with Gasteiger partial charge in [0.2, 0.25) is 0 Å². The molecule has 3 heteroatoms. The maximum Gasteiger partial charge on any atom is 0.160 e. The lowest BCUT2D eigenvalue weighted by Crippen LogP contribution is -1.97. The monoisotopic (exact) mass is 711 g/mol. The van der Waals surface area contributed by atoms with Gasteiger partial charge in [-0.2, -0.15) is 0 Å². The third-order valence-electron chi connectivity index (χ3n) is 11.1. The van der Waals surface area contributed by atoms with Gasteiger partial charge in [-0.25, -0.2) is 9.97 Å². The van der Waals surface area contributed by atoms with Crippen LogP contribution in [0, 0.1) is 0 Å². The summed E-state index contributed by atoms with van der Waals surface area (Å²) in [6.45, 7) is 0. The summed E-state index contributed by atoms with van der Waals surface area (Å²) in [6.07, 6.45) is 1.88. The summed E-state index contributed by atoms with van der Waals surface area (Å²) < 4.78 is 0. The summed E-state index contributed by atoms with van der Waals surface area (Å²) in [5, 5.41) is 12.1. The van der Waals surface area contributed by atoms with Crippen molar-refractivity contribution in [3.63, 3.8) is 0 Å². The summed E-state index contributed by atoms with van der Waals surface area (Å²) in [5.74, 6) is 0.678. The van der Waals surface area contributed by atoms with Crippen LogP contribution < -0.4 is 0 Å². The van der Waals surface area contributed by atoms with E-state index in [2.05, 4.69) is 194 Å². The molecular weight excluding hydrogens is 679 g/mol. The van der Waals surface area contributed by atoms with E-state index in [0.29, 0.717) is 5.82 Å². The average molecular weight is 712 g/mol. The molecule has 0 N–H and O–H groups in total. The molecule has 11 rings (SSSR count). The smallest absolute Gasteiger partial charge is 0.160 e. The molecule has 2 heterocycles. The number of hydrogen-bond acceptors (Lipinski definition) is 3. The molecule has 11 aromatic rings. The van der Waals surface area contributed by atoms with Crippen molar-refractivity contribution in [2.24, 2.45) is 0 Å². The van der Waals surface area contributed by atoms with Crippen LogP contribution in [0.1, 0.15) is 0 Å². The number of aromatic nitrogens is 3. The van der Waals surface area contributed by atoms with Crippen LogP contribution in [0.4, 0.5) is 0 Å². The van der Waals surface area contributed by atoms with E-state index >= 15 is 0 Å². The Morgan fingerprint density at radius 3 is 1.41 bits per heavy atom. The maximum absolute atomic E-state index is 5.31. The largest absolute Gasteiger partial charge is 0.256 e. The number of nitrogens with zero attached hydrogens (tertiary/aromatic N) is 3. The molecule has 0 aliphatic carbocycles. The first-order valence-corrected chi connectivity index (χ1v) is 19.0. The minimum atomic E-state index is 0.678. The van der Waals surface area contributed by atoms with E-state index in [-0.39, 0.29) is 0 Å². The van der Waals surface area contributed by atoms with Crippen molar-refractivity contribution in [2.75, 3.05) is 0 Å². The summed E-state index contributed by atoms with van der Waals surface area (Å²) in [5.41, 5.74) is 9.23. The minimum Gasteiger partial charge on any atom is -0.256 e. The van der Waals surface area contributed by atoms with Crippen LogP contribution in [0.2, 0.25) is 0 Å². The van der Waals surface area contributed by atoms with Crippen molar-refractivity contribution < 1.29 is 0 Å². The van der Waals surface area contributed by atoms with Crippen molar-refractivity contribution in [1.82, 2.24) is 15.0 Å². The molecule has 0 saturated heterocycles. The van der Waals surface area contributed by atoms with E-state index in [1.54, 1.807) is 0 Å². The molecule has 0 spiro atoms. The Morgan fingerprint density at radius 1 is 0.286 bits per heavy atom. The van der Waals surface area contributed by atoms with Crippen LogP contribution in [0.25, 0.3) is 110 Å². The van der Waals surface area contributed by atoms with Gasteiger partial charge in [-0.05, 0) is 83.9 Å². The van der Waals surface area contributed by atoms with Gasteiger partial charge in [-0.1, -0.05) is 170 Å². The highest BCUT2D eigenvalue weighted by atomic mass is 14.9. The zero-order valence-corrected chi connectivity index (χ0v) is 30.4. The molecule has 3 nitrogen and oxygen atoms in total. The zero-order chi connectivity index (χ0) is 37.0. The summed E-state index contributed by atoms with van der Waals surface area (Å²) in [4.78, 5) is 15.3. The molecule has 0 aliphatic heterocycles. The molecule has 0 saturated carbocycles. The number of hydrogen-bond donors (Lipinski definition) is 0. The zero-order valence-electron chi connectivity index (χ0n) is 30.4. The van der Waals surface area contributed by atoms with Gasteiger partial charge in [0.15, 0.2) is 5.82 Å². The number of benzene rings is 9. The molecule has 0 unspecified atom stereocenters. The third kappa shape index (κ3) is 5.40. The molecule has 0 amide bonds. The number of fused-ring (bicyclic) bond motifs is 7. The van der Waals surface area contributed by atoms with E-state index in [4.69, 9.17) is 15.0 Å². The highest BCUT2D eigenvalue weighted by molar-refractivity contribution is 6.15. The van der Waals surface area contributed by atoms with E-state index in [9.17, 15) is 0 Å². The quantitative estimate of drug-likeness (QED) is 0.167. The molecule has 2 aromatic heterocycles. The topological polar surface area (TPSA) is 38.7 Å². The first-order valence-electron chi connectivity index (χ1n) is 19.0. The molecule has 260 valence electrons. The highest BCUT2D eigenvalue weighted by Gasteiger charge is 2.16. The molecular formula is C53H33N3. The van der Waals surface area contributed by atoms with Crippen LogP contribution in [0.5, 0.6) is 0 Å². The first kappa shape index (κ1) is 32.0. The second kappa shape index (κ2) is 13.1. The lowest BCUT2D eigenvalue weighted by molar-refractivity contribution is 1.19. The number of rotatable bonds is 5. The van der Waals surface area contributed by atoms with Crippen molar-refractivity contribution in [3.05, 3.63) is 200 Å². The molecule has 0 atom stereocenters. The second-order valence-electron chi connectivity index (χ2n) is 14.4. The molecule has 9 aromatic carbocycles. The Balaban J connectivity index is 1.07. The van der Waals surface area contributed by atoms with Crippen LogP contribution in [-0.2, 0) is 0 Å². The standard InChI is InChI=1S/C53H33N3/c1-6-16-43-34(11-1)29-30-54-52(43)37-25-27-38(28-26-37)53-55-50(33-51(56-53)49-32-40-13-3-5-15-42(40)45-18-8-10-20-47(45)49)36-23-21-35(22-24-36)48-31-39-12-2-4-14-41(39)44-17-7-9-19-46(44)48/h1-33H. The molecule has 0 radical (unpaired) electrons. The lowest BCUT2D eigenvalue weighted by atomic mass is 9.92. The molecule has 0 aliphatic rings. The second-order valence-corrected chi connectivity index (χ2v) is 14.4. The van der Waals surface area contributed by atoms with Crippen LogP contribution in [0.15, 0.2) is 200 Å². The van der Waals surface area contributed by atoms with Gasteiger partial charge in [0.25, 0.3) is 0 Å². The maximum atomic E-state index is 5.31. The van der Waals surface area contributed by atoms with E-state index < -0.39 is 0 Å². The molecule has 56 heavy (non-hydrogen) atoms. The van der Waals surface area contributed by atoms with Gasteiger partial charge in [0, 0.05) is 33.8 Å². The average Bonchev–Trinajstić information content (AvgIpc) is 3.28. The van der Waals surface area contributed by atoms with Gasteiger partial charge in [0.05, 0.1) is 17.1 Å². The van der Waals surface area contributed by atoms with Crippen LogP contribution in [-0.4, -0.2) is 15.0 Å². The van der Waals surface area contributed by atoms with Crippen LogP contribution in [0.3, 0.4) is 0 Å². The van der Waals surface area contributed by atoms with Gasteiger partial charge in [-0.3, -0.25) is 4.98 Å². The van der Waals surface area contributed by atoms with E-state index in [1.165, 1.54) is 54.2 Å². The predicted octanol–water partition coefficient (Wildman–Crippen LogP) is 14.0. The van der Waals surface area contributed by atoms with Crippen molar-refractivity contribution >= 4 is 53.9 Å². The number of pyridine rings is 1. The van der Waals surface area contributed by atoms with Gasteiger partial charge >= 0.3 is 0 Å². The van der Waals surface area contributed by atoms with Gasteiger partial charge in [0.1, 0.15) is 0 Å². The van der Waals surface area contributed by atoms with Crippen molar-refractivity contribution in [3.8, 4) is 56.3 Å². The molecule has 0 bridgehead atoms. The Kier molecular flexibility index (Phi) is 7.49. The van der Waals surface area contributed by atoms with Crippen LogP contribution >= 0.6 is 0 Å².